The van der Waals surface area contributed by atoms with Crippen LogP contribution < -0.4 is 10.3 Å². The highest BCUT2D eigenvalue weighted by Crippen LogP contribution is 2.40. The van der Waals surface area contributed by atoms with E-state index >= 15 is 4.39 Å². The summed E-state index contributed by atoms with van der Waals surface area (Å²) < 4.78 is 50.2. The van der Waals surface area contributed by atoms with Crippen LogP contribution in [0.3, 0.4) is 0 Å². The normalized spacial score (nSPS) is 15.1. The van der Waals surface area contributed by atoms with E-state index in [0.717, 1.165) is 12.1 Å². The Bertz CT molecular complexity index is 1240. The Kier molecular flexibility index (Phi) is 5.66. The van der Waals surface area contributed by atoms with Gasteiger partial charge in [-0.15, -0.1) is 11.8 Å². The van der Waals surface area contributed by atoms with Gasteiger partial charge < -0.3 is 9.53 Å². The van der Waals surface area contributed by atoms with Crippen LogP contribution in [-0.2, 0) is 11.2 Å². The first-order valence-corrected chi connectivity index (χ1v) is 10.5. The van der Waals surface area contributed by atoms with E-state index in [9.17, 15) is 18.4 Å². The average Bonchev–Trinajstić information content (AvgIpc) is 3.18. The van der Waals surface area contributed by atoms with Crippen LogP contribution in [0.5, 0.6) is 5.75 Å². The maximum absolute atomic E-state index is 15.1. The van der Waals surface area contributed by atoms with E-state index in [1.54, 1.807) is 13.0 Å². The summed E-state index contributed by atoms with van der Waals surface area (Å²) >= 11 is 1.27. The monoisotopic (exact) mass is 445 g/mol. The molecule has 0 N–H and O–H groups in total. The van der Waals surface area contributed by atoms with Gasteiger partial charge in [0.25, 0.3) is 5.56 Å². The van der Waals surface area contributed by atoms with E-state index in [4.69, 9.17) is 4.74 Å². The number of benzene rings is 2. The molecule has 0 spiro atoms. The lowest BCUT2D eigenvalue weighted by atomic mass is 9.94. The highest BCUT2D eigenvalue weighted by molar-refractivity contribution is 7.99. The van der Waals surface area contributed by atoms with E-state index in [1.165, 1.54) is 41.6 Å². The third-order valence-corrected chi connectivity index (χ3v) is 6.71. The lowest BCUT2D eigenvalue weighted by Gasteiger charge is -2.19. The van der Waals surface area contributed by atoms with Crippen molar-refractivity contribution in [1.82, 2.24) is 4.57 Å². The molecule has 1 atom stereocenters. The van der Waals surface area contributed by atoms with Crippen molar-refractivity contribution >= 4 is 18.0 Å². The van der Waals surface area contributed by atoms with Crippen LogP contribution in [-0.4, -0.2) is 23.7 Å². The maximum atomic E-state index is 15.1. The fourth-order valence-corrected chi connectivity index (χ4v) is 5.20. The highest BCUT2D eigenvalue weighted by Gasteiger charge is 2.31. The van der Waals surface area contributed by atoms with Crippen molar-refractivity contribution in [3.05, 3.63) is 80.9 Å². The SMILES string of the molecule is COc1cccc(-c2c(C)c(Cc3c(F)cccc3F)c3n(c2=O)C(C=O)CS3)c1F. The minimum atomic E-state index is -0.746. The van der Waals surface area contributed by atoms with Gasteiger partial charge in [-0.2, -0.15) is 0 Å². The van der Waals surface area contributed by atoms with E-state index in [-0.39, 0.29) is 28.9 Å². The van der Waals surface area contributed by atoms with Crippen molar-refractivity contribution in [2.45, 2.75) is 24.4 Å². The average molecular weight is 445 g/mol. The van der Waals surface area contributed by atoms with Gasteiger partial charge in [0.15, 0.2) is 11.6 Å². The first kappa shape index (κ1) is 21.2. The van der Waals surface area contributed by atoms with E-state index in [1.807, 2.05) is 0 Å². The molecular weight excluding hydrogens is 427 g/mol. The second kappa shape index (κ2) is 8.26. The summed E-state index contributed by atoms with van der Waals surface area (Å²) in [6, 6.07) is 7.27. The molecule has 0 radical (unpaired) electrons. The molecule has 0 saturated carbocycles. The van der Waals surface area contributed by atoms with Crippen molar-refractivity contribution in [3.63, 3.8) is 0 Å². The summed E-state index contributed by atoms with van der Waals surface area (Å²) in [5, 5.41) is 0.467. The fourth-order valence-electron chi connectivity index (χ4n) is 3.89. The number of thioether (sulfide) groups is 1. The molecule has 0 aliphatic carbocycles. The first-order chi connectivity index (χ1) is 14.9. The molecule has 1 aliphatic heterocycles. The van der Waals surface area contributed by atoms with Crippen molar-refractivity contribution < 1.29 is 22.7 Å². The summed E-state index contributed by atoms with van der Waals surface area (Å²) in [6.07, 6.45) is 0.510. The number of aldehydes is 1. The van der Waals surface area contributed by atoms with E-state index in [2.05, 4.69) is 0 Å². The zero-order valence-electron chi connectivity index (χ0n) is 16.7. The van der Waals surface area contributed by atoms with Gasteiger partial charge in [0.05, 0.1) is 17.7 Å². The molecule has 1 aliphatic rings. The third-order valence-electron chi connectivity index (χ3n) is 5.48. The number of rotatable bonds is 5. The van der Waals surface area contributed by atoms with Gasteiger partial charge in [-0.1, -0.05) is 18.2 Å². The molecular formula is C23H18F3NO3S. The molecule has 0 saturated heterocycles. The molecule has 4 rings (SSSR count). The highest BCUT2D eigenvalue weighted by atomic mass is 32.2. The van der Waals surface area contributed by atoms with E-state index in [0.29, 0.717) is 28.2 Å². The summed E-state index contributed by atoms with van der Waals surface area (Å²) in [6.45, 7) is 1.62. The number of nitrogens with zero attached hydrogens (tertiary/aromatic N) is 1. The Morgan fingerprint density at radius 1 is 1.13 bits per heavy atom. The van der Waals surface area contributed by atoms with Crippen LogP contribution in [0.4, 0.5) is 13.2 Å². The van der Waals surface area contributed by atoms with Crippen molar-refractivity contribution in [1.29, 1.82) is 0 Å². The lowest BCUT2D eigenvalue weighted by molar-refractivity contribution is -0.110. The van der Waals surface area contributed by atoms with Crippen molar-refractivity contribution in [2.75, 3.05) is 12.9 Å². The Balaban J connectivity index is 2.03. The number of carbonyl (C=O) groups is 1. The minimum absolute atomic E-state index is 0.00829. The van der Waals surface area contributed by atoms with Gasteiger partial charge in [-0.3, -0.25) is 9.36 Å². The number of hydrogen-bond donors (Lipinski definition) is 0. The van der Waals surface area contributed by atoms with Crippen LogP contribution in [0, 0.1) is 24.4 Å². The second-order valence-corrected chi connectivity index (χ2v) is 8.18. The molecule has 1 aromatic heterocycles. The van der Waals surface area contributed by atoms with Gasteiger partial charge in [-0.05, 0) is 36.2 Å². The zero-order chi connectivity index (χ0) is 22.3. The summed E-state index contributed by atoms with van der Waals surface area (Å²) in [5.74, 6) is -1.87. The Hall–Kier alpha value is -3.00. The molecule has 31 heavy (non-hydrogen) atoms. The van der Waals surface area contributed by atoms with Gasteiger partial charge in [0.2, 0.25) is 0 Å². The number of carbonyl (C=O) groups excluding carboxylic acids is 1. The molecule has 4 nitrogen and oxygen atoms in total. The molecule has 3 aromatic rings. The molecule has 0 amide bonds. The largest absolute Gasteiger partial charge is 0.494 e. The molecule has 2 heterocycles. The van der Waals surface area contributed by atoms with Crippen LogP contribution in [0.2, 0.25) is 0 Å². The van der Waals surface area contributed by atoms with Crippen LogP contribution >= 0.6 is 11.8 Å². The van der Waals surface area contributed by atoms with Crippen LogP contribution in [0.15, 0.2) is 46.2 Å². The zero-order valence-corrected chi connectivity index (χ0v) is 17.6. The van der Waals surface area contributed by atoms with Gasteiger partial charge >= 0.3 is 0 Å². The predicted octanol–water partition coefficient (Wildman–Crippen LogP) is 4.69. The number of hydrogen-bond acceptors (Lipinski definition) is 4. The maximum Gasteiger partial charge on any atom is 0.260 e. The summed E-state index contributed by atoms with van der Waals surface area (Å²) in [4.78, 5) is 25.0. The Morgan fingerprint density at radius 2 is 1.81 bits per heavy atom. The van der Waals surface area contributed by atoms with Gasteiger partial charge in [0, 0.05) is 23.3 Å². The minimum Gasteiger partial charge on any atom is -0.494 e. The van der Waals surface area contributed by atoms with E-state index < -0.39 is 29.1 Å². The first-order valence-electron chi connectivity index (χ1n) is 9.50. The predicted molar refractivity (Wildman–Crippen MR) is 112 cm³/mol. The van der Waals surface area contributed by atoms with Crippen molar-refractivity contribution in [3.8, 4) is 16.9 Å². The second-order valence-electron chi connectivity index (χ2n) is 7.17. The number of halogens is 3. The Labute approximate surface area is 180 Å². The number of ether oxygens (including phenoxy) is 1. The fraction of sp³-hybridized carbons (Fsp3) is 0.217. The van der Waals surface area contributed by atoms with Gasteiger partial charge in [0.1, 0.15) is 24.0 Å². The summed E-state index contributed by atoms with van der Waals surface area (Å²) in [7, 11) is 1.32. The van der Waals surface area contributed by atoms with Crippen LogP contribution in [0.1, 0.15) is 22.7 Å². The molecule has 2 aromatic carbocycles. The molecule has 0 fully saturated rings. The van der Waals surface area contributed by atoms with Crippen molar-refractivity contribution in [2.24, 2.45) is 0 Å². The number of aromatic nitrogens is 1. The lowest BCUT2D eigenvalue weighted by Crippen LogP contribution is -2.28. The third kappa shape index (κ3) is 3.44. The number of methoxy groups -OCH3 is 1. The topological polar surface area (TPSA) is 48.3 Å². The Morgan fingerprint density at radius 3 is 2.45 bits per heavy atom. The van der Waals surface area contributed by atoms with Gasteiger partial charge in [-0.25, -0.2) is 13.2 Å². The standard InChI is InChI=1S/C23H18F3NO3S/c1-12-15(9-16-17(24)6-4-7-18(16)25)23-27(13(10-28)11-31-23)22(29)20(12)14-5-3-8-19(30-2)21(14)26/h3-8,10,13H,9,11H2,1-2H3. The molecule has 0 bridgehead atoms. The quantitative estimate of drug-likeness (QED) is 0.535. The smallest absolute Gasteiger partial charge is 0.260 e. The molecule has 160 valence electrons. The number of pyridine rings is 1. The number of fused-ring (bicyclic) bond motifs is 1. The van der Waals surface area contributed by atoms with Crippen LogP contribution in [0.25, 0.3) is 11.1 Å². The summed E-state index contributed by atoms with van der Waals surface area (Å²) in [5.41, 5.74) is 0.259. The molecule has 1 unspecified atom stereocenters. The molecule has 8 heteroatoms.